The number of carbonyl (C=O) groups is 1. The average Bonchev–Trinajstić information content (AvgIpc) is 2.69. The number of hydrogen-bond donors (Lipinski definition) is 4. The Hall–Kier alpha value is -0.790. The molecule has 2 spiro atoms. The molecule has 6 aliphatic rings. The first kappa shape index (κ1) is 17.3. The maximum absolute atomic E-state index is 13.3. The van der Waals surface area contributed by atoms with Gasteiger partial charge in [0.1, 0.15) is 11.5 Å². The molecule has 144 valence electrons. The number of aliphatic hydroxyl groups excluding tert-OH is 3. The Bertz CT molecular complexity index is 717. The van der Waals surface area contributed by atoms with E-state index in [9.17, 15) is 25.2 Å². The van der Waals surface area contributed by atoms with Gasteiger partial charge in [0.25, 0.3) is 0 Å². The van der Waals surface area contributed by atoms with E-state index in [-0.39, 0.29) is 12.0 Å². The predicted molar refractivity (Wildman–Crippen MR) is 90.7 cm³/mol. The van der Waals surface area contributed by atoms with Crippen molar-refractivity contribution in [3.63, 3.8) is 0 Å². The van der Waals surface area contributed by atoms with Crippen LogP contribution in [0.2, 0.25) is 0 Å². The number of Topliss-reactive ketones (excluding diaryl/α,β-unsaturated/α-hetero) is 1. The van der Waals surface area contributed by atoms with Gasteiger partial charge in [0.2, 0.25) is 5.79 Å². The summed E-state index contributed by atoms with van der Waals surface area (Å²) in [5, 5.41) is 45.1. The molecule has 6 heteroatoms. The zero-order chi connectivity index (χ0) is 18.9. The zero-order valence-electron chi connectivity index (χ0n) is 15.3. The quantitative estimate of drug-likeness (QED) is 0.463. The lowest BCUT2D eigenvalue weighted by atomic mass is 9.35. The lowest BCUT2D eigenvalue weighted by molar-refractivity contribution is -0.458. The molecule has 0 radical (unpaired) electrons. The highest BCUT2D eigenvalue weighted by Crippen LogP contribution is 2.76. The molecular weight excluding hydrogens is 336 g/mol. The van der Waals surface area contributed by atoms with Gasteiger partial charge in [0.15, 0.2) is 5.78 Å². The molecule has 6 fully saturated rings. The number of carbonyl (C=O) groups excluding carboxylic acids is 1. The van der Waals surface area contributed by atoms with E-state index in [4.69, 9.17) is 4.74 Å². The summed E-state index contributed by atoms with van der Waals surface area (Å²) in [4.78, 5) is 13.3. The first-order valence-electron chi connectivity index (χ1n) is 9.71. The number of ketones is 1. The highest BCUT2D eigenvalue weighted by molar-refractivity contribution is 6.05. The van der Waals surface area contributed by atoms with Crippen LogP contribution >= 0.6 is 0 Å². The molecule has 0 amide bonds. The van der Waals surface area contributed by atoms with Crippen molar-refractivity contribution in [1.82, 2.24) is 0 Å². The second-order valence-corrected chi connectivity index (χ2v) is 9.97. The van der Waals surface area contributed by atoms with Crippen LogP contribution in [0.4, 0.5) is 0 Å². The number of hydrogen-bond acceptors (Lipinski definition) is 6. The molecule has 2 saturated heterocycles. The lowest BCUT2D eigenvalue weighted by Crippen LogP contribution is -2.85. The van der Waals surface area contributed by atoms with Gasteiger partial charge in [-0.1, -0.05) is 20.4 Å². The van der Waals surface area contributed by atoms with E-state index in [1.165, 1.54) is 0 Å². The molecule has 0 aromatic heterocycles. The number of rotatable bonds is 0. The maximum atomic E-state index is 13.3. The largest absolute Gasteiger partial charge is 0.392 e. The van der Waals surface area contributed by atoms with Gasteiger partial charge in [0.05, 0.1) is 18.8 Å². The van der Waals surface area contributed by atoms with Gasteiger partial charge in [-0.25, -0.2) is 0 Å². The molecule has 26 heavy (non-hydrogen) atoms. The van der Waals surface area contributed by atoms with E-state index >= 15 is 0 Å². The molecular formula is C20H28O6. The number of aliphatic hydroxyl groups is 4. The Morgan fingerprint density at radius 1 is 1.12 bits per heavy atom. The molecule has 6 rings (SSSR count). The maximum Gasteiger partial charge on any atom is 0.208 e. The molecule has 9 atom stereocenters. The molecule has 0 aromatic rings. The summed E-state index contributed by atoms with van der Waals surface area (Å²) in [5.41, 5.74) is -2.49. The van der Waals surface area contributed by atoms with Crippen LogP contribution in [0.5, 0.6) is 0 Å². The van der Waals surface area contributed by atoms with E-state index in [0.717, 1.165) is 6.42 Å². The van der Waals surface area contributed by atoms with Gasteiger partial charge in [0, 0.05) is 17.3 Å². The van der Waals surface area contributed by atoms with E-state index in [2.05, 4.69) is 6.58 Å². The van der Waals surface area contributed by atoms with Crippen molar-refractivity contribution in [2.75, 3.05) is 6.61 Å². The average molecular weight is 364 g/mol. The van der Waals surface area contributed by atoms with Crippen LogP contribution in [0.1, 0.15) is 39.5 Å². The Morgan fingerprint density at radius 3 is 2.50 bits per heavy atom. The van der Waals surface area contributed by atoms with E-state index in [1.807, 2.05) is 13.8 Å². The summed E-state index contributed by atoms with van der Waals surface area (Å²) in [6.07, 6.45) is -0.747. The molecule has 6 nitrogen and oxygen atoms in total. The molecule has 1 unspecified atom stereocenters. The Balaban J connectivity index is 1.81. The van der Waals surface area contributed by atoms with E-state index < -0.39 is 58.5 Å². The molecule has 4 saturated carbocycles. The zero-order valence-corrected chi connectivity index (χ0v) is 15.3. The summed E-state index contributed by atoms with van der Waals surface area (Å²) in [6.45, 7) is 8.07. The fraction of sp³-hybridized carbons (Fsp3) is 0.850. The van der Waals surface area contributed by atoms with Gasteiger partial charge < -0.3 is 25.2 Å². The molecule has 2 heterocycles. The fourth-order valence-electron chi connectivity index (χ4n) is 7.90. The molecule has 0 aromatic carbocycles. The summed E-state index contributed by atoms with van der Waals surface area (Å²) >= 11 is 0. The van der Waals surface area contributed by atoms with Crippen molar-refractivity contribution in [2.24, 2.45) is 34.0 Å². The standard InChI is InChI=1S/C20H28O6/c1-9-10-4-5-11-18-8-26-20(25,19(11,14(9)22)15(10)23)16(24)13(18)17(2,3)7-6-12(18)21/h10-13,15-16,21,23-25H,1,4-8H2,2-3H3/t10-,11-,12+,13+,15?,16+,18+,19-,20-/m1/s1. The Kier molecular flexibility index (Phi) is 3.07. The van der Waals surface area contributed by atoms with Crippen LogP contribution in [0.25, 0.3) is 0 Å². The topological polar surface area (TPSA) is 107 Å². The van der Waals surface area contributed by atoms with Gasteiger partial charge in [-0.05, 0) is 42.6 Å². The molecule has 4 N–H and O–H groups in total. The number of ether oxygens (including phenoxy) is 1. The molecule has 4 bridgehead atoms. The number of fused-ring (bicyclic) bond motifs is 2. The molecule has 2 aliphatic heterocycles. The van der Waals surface area contributed by atoms with Crippen molar-refractivity contribution in [3.8, 4) is 0 Å². The van der Waals surface area contributed by atoms with E-state index in [1.54, 1.807) is 0 Å². The SMILES string of the molecule is C=C1C(=O)[C@@]23C(O)[C@@H]1CC[C@@H]2[C@]12CO[C@]3(O)[C@@H](O)[C@H]1C(C)(C)CC[C@@H]2O. The minimum Gasteiger partial charge on any atom is -0.392 e. The highest BCUT2D eigenvalue weighted by Gasteiger charge is 2.86. The monoisotopic (exact) mass is 364 g/mol. The summed E-state index contributed by atoms with van der Waals surface area (Å²) in [7, 11) is 0. The highest BCUT2D eigenvalue weighted by atomic mass is 16.6. The van der Waals surface area contributed by atoms with Crippen molar-refractivity contribution in [2.45, 2.75) is 63.6 Å². The van der Waals surface area contributed by atoms with Gasteiger partial charge >= 0.3 is 0 Å². The van der Waals surface area contributed by atoms with Gasteiger partial charge in [-0.3, -0.25) is 4.79 Å². The minimum absolute atomic E-state index is 0.0966. The first-order valence-corrected chi connectivity index (χ1v) is 9.71. The summed E-state index contributed by atoms with van der Waals surface area (Å²) in [5.74, 6) is -3.80. The van der Waals surface area contributed by atoms with Crippen LogP contribution in [0.3, 0.4) is 0 Å². The second kappa shape index (κ2) is 4.61. The summed E-state index contributed by atoms with van der Waals surface area (Å²) in [6, 6.07) is 0. The van der Waals surface area contributed by atoms with Gasteiger partial charge in [-0.15, -0.1) is 0 Å². The third-order valence-corrected chi connectivity index (χ3v) is 8.88. The lowest BCUT2D eigenvalue weighted by Gasteiger charge is -2.74. The Labute approximate surface area is 152 Å². The van der Waals surface area contributed by atoms with Crippen LogP contribution in [0.15, 0.2) is 12.2 Å². The Morgan fingerprint density at radius 2 is 1.81 bits per heavy atom. The van der Waals surface area contributed by atoms with Crippen molar-refractivity contribution in [3.05, 3.63) is 12.2 Å². The minimum atomic E-state index is -2.15. The molecule has 4 aliphatic carbocycles. The normalized spacial score (nSPS) is 59.9. The van der Waals surface area contributed by atoms with Crippen LogP contribution in [-0.2, 0) is 9.53 Å². The van der Waals surface area contributed by atoms with Crippen molar-refractivity contribution >= 4 is 5.78 Å². The van der Waals surface area contributed by atoms with Crippen LogP contribution in [-0.4, -0.2) is 56.9 Å². The van der Waals surface area contributed by atoms with E-state index in [0.29, 0.717) is 24.8 Å². The third kappa shape index (κ3) is 1.41. The summed E-state index contributed by atoms with van der Waals surface area (Å²) < 4.78 is 5.80. The smallest absolute Gasteiger partial charge is 0.208 e. The predicted octanol–water partition coefficient (Wildman–Crippen LogP) is 0.376. The van der Waals surface area contributed by atoms with Gasteiger partial charge in [-0.2, -0.15) is 0 Å². The fourth-order valence-corrected chi connectivity index (χ4v) is 7.90. The van der Waals surface area contributed by atoms with Crippen LogP contribution < -0.4 is 0 Å². The second-order valence-electron chi connectivity index (χ2n) is 9.97. The third-order valence-electron chi connectivity index (χ3n) is 8.88. The van der Waals surface area contributed by atoms with Crippen molar-refractivity contribution in [1.29, 1.82) is 0 Å². The first-order chi connectivity index (χ1) is 12.1. The van der Waals surface area contributed by atoms with Crippen LogP contribution in [0, 0.1) is 34.0 Å². The van der Waals surface area contributed by atoms with Crippen molar-refractivity contribution < 1.29 is 30.0 Å².